The van der Waals surface area contributed by atoms with Crippen LogP contribution >= 0.6 is 0 Å². The Morgan fingerprint density at radius 1 is 0.326 bits per heavy atom. The summed E-state index contributed by atoms with van der Waals surface area (Å²) in [4.78, 5) is 0. The molecule has 1 aromatic heterocycles. The summed E-state index contributed by atoms with van der Waals surface area (Å²) in [6.45, 7) is 0. The molecule has 0 bridgehead atoms. The quantitative estimate of drug-likeness (QED) is 0.243. The van der Waals surface area contributed by atoms with E-state index in [4.69, 9.17) is 4.42 Å². The zero-order valence-electron chi connectivity index (χ0n) is 25.0. The summed E-state index contributed by atoms with van der Waals surface area (Å²) in [5.41, 5.74) is 15.0. The van der Waals surface area contributed by atoms with Crippen LogP contribution in [-0.2, 0) is 0 Å². The Hall–Kier alpha value is -4.88. The van der Waals surface area contributed by atoms with E-state index in [0.29, 0.717) is 0 Å². The second-order valence-corrected chi connectivity index (χ2v) is 11.8. The third-order valence-electron chi connectivity index (χ3n) is 9.53. The third-order valence-corrected chi connectivity index (χ3v) is 9.53. The summed E-state index contributed by atoms with van der Waals surface area (Å²) in [5.74, 6) is 0. The van der Waals surface area contributed by atoms with Gasteiger partial charge in [-0.25, -0.2) is 0 Å². The Bertz CT molecular complexity index is 2300. The molecule has 0 spiro atoms. The highest BCUT2D eigenvalue weighted by molar-refractivity contribution is 6.63. The lowest BCUT2D eigenvalue weighted by molar-refractivity contribution is 0.669. The lowest BCUT2D eigenvalue weighted by Gasteiger charge is -2.25. The number of fused-ring (bicyclic) bond motifs is 5. The molecule has 1 nitrogen and oxygen atoms in total. The standard InChI is InChI=1S/C38H28B4O/c39-35-32(22-18-19-30-28(20-22)23-12-8-9-17-29(23)43-30)36(40)38(42)34(37(35)41)33-26-15-6-4-13-24(26)31(21-10-2-1-3-11-21)25-14-5-7-16-27(25)33/h1-20H,39-42H2. The molecule has 0 unspecified atom stereocenters. The molecule has 0 N–H and O–H groups in total. The van der Waals surface area contributed by atoms with Gasteiger partial charge < -0.3 is 4.42 Å². The molecule has 7 aromatic carbocycles. The average Bonchev–Trinajstić information content (AvgIpc) is 3.42. The van der Waals surface area contributed by atoms with Crippen molar-refractivity contribution in [3.8, 4) is 33.4 Å². The second-order valence-electron chi connectivity index (χ2n) is 11.8. The molecule has 0 aliphatic heterocycles. The van der Waals surface area contributed by atoms with E-state index in [-0.39, 0.29) is 0 Å². The molecule has 43 heavy (non-hydrogen) atoms. The molecule has 8 aromatic rings. The minimum atomic E-state index is 0.932. The molecule has 0 fully saturated rings. The fourth-order valence-corrected chi connectivity index (χ4v) is 7.32. The summed E-state index contributed by atoms with van der Waals surface area (Å²) >= 11 is 0. The van der Waals surface area contributed by atoms with Crippen molar-refractivity contribution in [2.75, 3.05) is 0 Å². The number of benzene rings is 7. The van der Waals surface area contributed by atoms with E-state index >= 15 is 0 Å². The van der Waals surface area contributed by atoms with Gasteiger partial charge in [-0.05, 0) is 73.1 Å². The first-order valence-electron chi connectivity index (χ1n) is 15.0. The molecule has 5 heteroatoms. The Labute approximate surface area is 255 Å². The van der Waals surface area contributed by atoms with E-state index in [2.05, 4.69) is 141 Å². The highest BCUT2D eigenvalue weighted by atomic mass is 16.3. The minimum Gasteiger partial charge on any atom is -0.456 e. The number of furan rings is 1. The molecular formula is C38H28B4O. The summed E-state index contributed by atoms with van der Waals surface area (Å²) < 4.78 is 6.15. The second kappa shape index (κ2) is 9.85. The molecule has 0 saturated heterocycles. The van der Waals surface area contributed by atoms with Crippen LogP contribution in [0.1, 0.15) is 0 Å². The van der Waals surface area contributed by atoms with Gasteiger partial charge in [-0.3, -0.25) is 0 Å². The van der Waals surface area contributed by atoms with Crippen LogP contribution in [0.2, 0.25) is 0 Å². The molecule has 1 heterocycles. The zero-order valence-corrected chi connectivity index (χ0v) is 25.0. The van der Waals surface area contributed by atoms with Crippen LogP contribution < -0.4 is 21.9 Å². The topological polar surface area (TPSA) is 13.1 Å². The molecule has 0 amide bonds. The smallest absolute Gasteiger partial charge is 0.139 e. The number of para-hydroxylation sites is 1. The molecular weight excluding hydrogens is 516 g/mol. The molecule has 0 radical (unpaired) electrons. The first-order valence-corrected chi connectivity index (χ1v) is 15.0. The van der Waals surface area contributed by atoms with E-state index in [1.54, 1.807) is 0 Å². The van der Waals surface area contributed by atoms with Crippen LogP contribution in [0.5, 0.6) is 0 Å². The normalized spacial score (nSPS) is 11.6. The predicted octanol–water partition coefficient (Wildman–Crippen LogP) is 3.93. The first-order chi connectivity index (χ1) is 21.0. The maximum atomic E-state index is 6.15. The van der Waals surface area contributed by atoms with Crippen molar-refractivity contribution >= 4 is 96.7 Å². The van der Waals surface area contributed by atoms with E-state index in [0.717, 1.165) is 16.6 Å². The van der Waals surface area contributed by atoms with Crippen LogP contribution in [-0.4, -0.2) is 31.4 Å². The van der Waals surface area contributed by atoms with Crippen molar-refractivity contribution in [2.24, 2.45) is 0 Å². The highest BCUT2D eigenvalue weighted by Gasteiger charge is 2.22. The molecule has 8 rings (SSSR count). The van der Waals surface area contributed by atoms with Crippen LogP contribution in [0, 0.1) is 0 Å². The lowest BCUT2D eigenvalue weighted by Crippen LogP contribution is -2.44. The largest absolute Gasteiger partial charge is 0.456 e. The predicted molar refractivity (Wildman–Crippen MR) is 198 cm³/mol. The summed E-state index contributed by atoms with van der Waals surface area (Å²) in [7, 11) is 9.20. The van der Waals surface area contributed by atoms with Crippen molar-refractivity contribution < 1.29 is 4.42 Å². The summed E-state index contributed by atoms with van der Waals surface area (Å²) in [6, 6.07) is 43.7. The Balaban J connectivity index is 1.43. The number of rotatable bonds is 3. The van der Waals surface area contributed by atoms with Crippen molar-refractivity contribution in [1.82, 2.24) is 0 Å². The van der Waals surface area contributed by atoms with Gasteiger partial charge in [0.05, 0.1) is 0 Å². The SMILES string of the molecule is Bc1c(B)c(-c2c3ccccc3c(-c3ccccc3)c3ccccc23)c(B)c(B)c1-c1ccc2oc3ccccc3c2c1. The summed E-state index contributed by atoms with van der Waals surface area (Å²) in [6.07, 6.45) is 0. The maximum absolute atomic E-state index is 6.15. The van der Waals surface area contributed by atoms with Gasteiger partial charge in [0.2, 0.25) is 0 Å². The fraction of sp³-hybridized carbons (Fsp3) is 0. The molecule has 0 atom stereocenters. The third kappa shape index (κ3) is 3.85. The van der Waals surface area contributed by atoms with Crippen LogP contribution in [0.4, 0.5) is 0 Å². The van der Waals surface area contributed by atoms with E-state index in [9.17, 15) is 0 Å². The zero-order chi connectivity index (χ0) is 29.2. The van der Waals surface area contributed by atoms with E-state index in [1.165, 1.54) is 82.2 Å². The summed E-state index contributed by atoms with van der Waals surface area (Å²) in [5, 5.41) is 7.50. The van der Waals surface area contributed by atoms with Crippen molar-refractivity contribution in [3.05, 3.63) is 121 Å². The minimum absolute atomic E-state index is 0.932. The van der Waals surface area contributed by atoms with Crippen LogP contribution in [0.3, 0.4) is 0 Å². The van der Waals surface area contributed by atoms with Gasteiger partial charge in [-0.15, -0.1) is 0 Å². The number of hydrogen-bond donors (Lipinski definition) is 0. The van der Waals surface area contributed by atoms with Gasteiger partial charge in [-0.1, -0.05) is 125 Å². The first kappa shape index (κ1) is 25.8. The van der Waals surface area contributed by atoms with Gasteiger partial charge in [0.15, 0.2) is 0 Å². The molecule has 0 saturated carbocycles. The van der Waals surface area contributed by atoms with E-state index in [1.807, 2.05) is 12.1 Å². The monoisotopic (exact) mass is 544 g/mol. The van der Waals surface area contributed by atoms with E-state index < -0.39 is 0 Å². The van der Waals surface area contributed by atoms with Crippen molar-refractivity contribution in [2.45, 2.75) is 0 Å². The Morgan fingerprint density at radius 3 is 1.40 bits per heavy atom. The van der Waals surface area contributed by atoms with Gasteiger partial charge >= 0.3 is 0 Å². The molecule has 0 aliphatic carbocycles. The maximum Gasteiger partial charge on any atom is 0.139 e. The molecule has 0 aliphatic rings. The van der Waals surface area contributed by atoms with Gasteiger partial charge in [0.25, 0.3) is 0 Å². The Kier molecular flexibility index (Phi) is 5.91. The van der Waals surface area contributed by atoms with Crippen LogP contribution in [0.25, 0.3) is 76.9 Å². The van der Waals surface area contributed by atoms with Gasteiger partial charge in [-0.2, -0.15) is 0 Å². The van der Waals surface area contributed by atoms with Crippen molar-refractivity contribution in [1.29, 1.82) is 0 Å². The highest BCUT2D eigenvalue weighted by Crippen LogP contribution is 2.42. The fourth-order valence-electron chi connectivity index (χ4n) is 7.32. The van der Waals surface area contributed by atoms with Crippen LogP contribution in [0.15, 0.2) is 126 Å². The van der Waals surface area contributed by atoms with Gasteiger partial charge in [0.1, 0.15) is 42.6 Å². The lowest BCUT2D eigenvalue weighted by atomic mass is 9.61. The number of hydrogen-bond acceptors (Lipinski definition) is 1. The average molecular weight is 544 g/mol. The van der Waals surface area contributed by atoms with Gasteiger partial charge in [0, 0.05) is 10.8 Å². The molecule has 198 valence electrons. The van der Waals surface area contributed by atoms with Crippen molar-refractivity contribution in [3.63, 3.8) is 0 Å². The Morgan fingerprint density at radius 2 is 0.791 bits per heavy atom.